The van der Waals surface area contributed by atoms with Crippen molar-refractivity contribution in [1.82, 2.24) is 5.32 Å². The minimum absolute atomic E-state index is 0.0418. The number of carbonyl (C=O) groups is 1. The number of aliphatic hydroxyl groups excluding tert-OH is 1. The maximum atomic E-state index is 11.6. The quantitative estimate of drug-likeness (QED) is 0.749. The molecule has 1 aromatic carbocycles. The van der Waals surface area contributed by atoms with E-state index in [0.29, 0.717) is 13.0 Å². The van der Waals surface area contributed by atoms with Crippen LogP contribution in [0.5, 0.6) is 0 Å². The second-order valence-electron chi connectivity index (χ2n) is 5.86. The summed E-state index contributed by atoms with van der Waals surface area (Å²) in [5.74, 6) is -0.221. The van der Waals surface area contributed by atoms with Crippen LogP contribution in [0.3, 0.4) is 0 Å². The molecule has 1 aromatic rings. The summed E-state index contributed by atoms with van der Waals surface area (Å²) in [6, 6.07) is 9.93. The van der Waals surface area contributed by atoms with Crippen LogP contribution in [0.4, 0.5) is 0 Å². The summed E-state index contributed by atoms with van der Waals surface area (Å²) >= 11 is 0. The van der Waals surface area contributed by atoms with Crippen LogP contribution in [-0.4, -0.2) is 35.9 Å². The van der Waals surface area contributed by atoms with Crippen molar-refractivity contribution in [1.29, 1.82) is 0 Å². The molecule has 0 aliphatic carbocycles. The van der Waals surface area contributed by atoms with E-state index in [2.05, 4.69) is 5.32 Å². The monoisotopic (exact) mass is 279 g/mol. The molecule has 0 radical (unpaired) electrons. The normalized spacial score (nSPS) is 13.0. The third-order valence-corrected chi connectivity index (χ3v) is 2.73. The Morgan fingerprint density at radius 3 is 2.50 bits per heavy atom. The van der Waals surface area contributed by atoms with Gasteiger partial charge in [0.1, 0.15) is 5.60 Å². The molecule has 4 nitrogen and oxygen atoms in total. The van der Waals surface area contributed by atoms with Gasteiger partial charge < -0.3 is 15.2 Å². The molecular formula is C16H25NO3. The number of benzene rings is 1. The van der Waals surface area contributed by atoms with Crippen molar-refractivity contribution >= 4 is 5.97 Å². The van der Waals surface area contributed by atoms with Gasteiger partial charge >= 0.3 is 5.97 Å². The van der Waals surface area contributed by atoms with Crippen LogP contribution in [0.25, 0.3) is 0 Å². The van der Waals surface area contributed by atoms with E-state index in [-0.39, 0.29) is 18.6 Å². The lowest BCUT2D eigenvalue weighted by Crippen LogP contribution is -2.36. The SMILES string of the molecule is CC(C)(C)OC(=O)CCNC(CO)Cc1ccccc1. The fourth-order valence-corrected chi connectivity index (χ4v) is 1.87. The van der Waals surface area contributed by atoms with Crippen molar-refractivity contribution in [3.05, 3.63) is 35.9 Å². The summed E-state index contributed by atoms with van der Waals surface area (Å²) in [5, 5.41) is 12.5. The molecule has 0 fully saturated rings. The molecule has 0 aliphatic heterocycles. The maximum Gasteiger partial charge on any atom is 0.307 e. The van der Waals surface area contributed by atoms with E-state index >= 15 is 0 Å². The topological polar surface area (TPSA) is 58.6 Å². The minimum Gasteiger partial charge on any atom is -0.460 e. The summed E-state index contributed by atoms with van der Waals surface area (Å²) in [6.07, 6.45) is 1.05. The number of nitrogens with one attached hydrogen (secondary N) is 1. The Kier molecular flexibility index (Phi) is 6.68. The number of rotatable bonds is 7. The van der Waals surface area contributed by atoms with Crippen molar-refractivity contribution in [3.8, 4) is 0 Å². The number of esters is 1. The number of ether oxygens (including phenoxy) is 1. The molecule has 0 bridgehead atoms. The first-order valence-electron chi connectivity index (χ1n) is 7.01. The van der Waals surface area contributed by atoms with Crippen LogP contribution in [0.15, 0.2) is 30.3 Å². The Morgan fingerprint density at radius 2 is 1.95 bits per heavy atom. The third kappa shape index (κ3) is 7.26. The lowest BCUT2D eigenvalue weighted by molar-refractivity contribution is -0.154. The molecule has 0 amide bonds. The summed E-state index contributed by atoms with van der Waals surface area (Å²) in [5.41, 5.74) is 0.716. The van der Waals surface area contributed by atoms with Crippen LogP contribution >= 0.6 is 0 Å². The Bertz CT molecular complexity index is 398. The van der Waals surface area contributed by atoms with Gasteiger partial charge in [0.15, 0.2) is 0 Å². The predicted molar refractivity (Wildman–Crippen MR) is 79.5 cm³/mol. The minimum atomic E-state index is -0.447. The van der Waals surface area contributed by atoms with Gasteiger partial charge in [-0.25, -0.2) is 0 Å². The molecule has 1 unspecified atom stereocenters. The van der Waals surface area contributed by atoms with Crippen LogP contribution in [0, 0.1) is 0 Å². The van der Waals surface area contributed by atoms with Crippen LogP contribution < -0.4 is 5.32 Å². The third-order valence-electron chi connectivity index (χ3n) is 2.73. The summed E-state index contributed by atoms with van der Waals surface area (Å²) in [7, 11) is 0. The van der Waals surface area contributed by atoms with E-state index in [0.717, 1.165) is 12.0 Å². The fourth-order valence-electron chi connectivity index (χ4n) is 1.87. The van der Waals surface area contributed by atoms with Crippen molar-refractivity contribution < 1.29 is 14.6 Å². The van der Waals surface area contributed by atoms with E-state index in [9.17, 15) is 9.90 Å². The van der Waals surface area contributed by atoms with Gasteiger partial charge in [0.2, 0.25) is 0 Å². The highest BCUT2D eigenvalue weighted by molar-refractivity contribution is 5.70. The smallest absolute Gasteiger partial charge is 0.307 e. The molecule has 0 saturated heterocycles. The molecule has 4 heteroatoms. The first-order valence-corrected chi connectivity index (χ1v) is 7.01. The molecule has 0 spiro atoms. The molecular weight excluding hydrogens is 254 g/mol. The van der Waals surface area contributed by atoms with Crippen LogP contribution in [0.1, 0.15) is 32.8 Å². The van der Waals surface area contributed by atoms with Gasteiger partial charge in [-0.1, -0.05) is 30.3 Å². The highest BCUT2D eigenvalue weighted by Gasteiger charge is 2.16. The van der Waals surface area contributed by atoms with Crippen molar-refractivity contribution in [2.45, 2.75) is 45.3 Å². The van der Waals surface area contributed by atoms with Gasteiger partial charge in [-0.05, 0) is 32.8 Å². The fraction of sp³-hybridized carbons (Fsp3) is 0.562. The molecule has 112 valence electrons. The van der Waals surface area contributed by atoms with E-state index in [1.54, 1.807) is 0 Å². The van der Waals surface area contributed by atoms with E-state index < -0.39 is 5.60 Å². The van der Waals surface area contributed by atoms with Gasteiger partial charge in [-0.3, -0.25) is 4.79 Å². The van der Waals surface area contributed by atoms with Crippen LogP contribution in [-0.2, 0) is 16.0 Å². The molecule has 0 aliphatic rings. The van der Waals surface area contributed by atoms with Gasteiger partial charge in [-0.2, -0.15) is 0 Å². The lowest BCUT2D eigenvalue weighted by Gasteiger charge is -2.20. The zero-order valence-electron chi connectivity index (χ0n) is 12.6. The average molecular weight is 279 g/mol. The van der Waals surface area contributed by atoms with E-state index in [4.69, 9.17) is 4.74 Å². The molecule has 1 rings (SSSR count). The predicted octanol–water partition coefficient (Wildman–Crippen LogP) is 1.91. The lowest BCUT2D eigenvalue weighted by atomic mass is 10.1. The highest BCUT2D eigenvalue weighted by atomic mass is 16.6. The summed E-state index contributed by atoms with van der Waals surface area (Å²) < 4.78 is 5.23. The summed E-state index contributed by atoms with van der Waals surface area (Å²) in [6.45, 7) is 6.11. The first kappa shape index (κ1) is 16.7. The molecule has 1 atom stereocenters. The maximum absolute atomic E-state index is 11.6. The molecule has 20 heavy (non-hydrogen) atoms. The van der Waals surface area contributed by atoms with Gasteiger partial charge in [-0.15, -0.1) is 0 Å². The molecule has 0 saturated carbocycles. The second kappa shape index (κ2) is 8.02. The van der Waals surface area contributed by atoms with E-state index in [1.807, 2.05) is 51.1 Å². The molecule has 0 aromatic heterocycles. The Hall–Kier alpha value is -1.39. The number of hydrogen-bond donors (Lipinski definition) is 2. The molecule has 2 N–H and O–H groups in total. The zero-order chi connectivity index (χ0) is 15.0. The Balaban J connectivity index is 2.30. The zero-order valence-corrected chi connectivity index (χ0v) is 12.6. The van der Waals surface area contributed by atoms with E-state index in [1.165, 1.54) is 0 Å². The number of carbonyl (C=O) groups excluding carboxylic acids is 1. The highest BCUT2D eigenvalue weighted by Crippen LogP contribution is 2.08. The van der Waals surface area contributed by atoms with Crippen molar-refractivity contribution in [2.24, 2.45) is 0 Å². The van der Waals surface area contributed by atoms with Gasteiger partial charge in [0.05, 0.1) is 13.0 Å². The average Bonchev–Trinajstić information content (AvgIpc) is 2.36. The largest absolute Gasteiger partial charge is 0.460 e. The summed E-state index contributed by atoms with van der Waals surface area (Å²) in [4.78, 5) is 11.6. The second-order valence-corrected chi connectivity index (χ2v) is 5.86. The standard InChI is InChI=1S/C16H25NO3/c1-16(2,3)20-15(19)9-10-17-14(12-18)11-13-7-5-4-6-8-13/h4-8,14,17-18H,9-12H2,1-3H3. The first-order chi connectivity index (χ1) is 9.40. The van der Waals surface area contributed by atoms with Crippen molar-refractivity contribution in [2.75, 3.05) is 13.2 Å². The van der Waals surface area contributed by atoms with Gasteiger partial charge in [0, 0.05) is 12.6 Å². The van der Waals surface area contributed by atoms with Crippen LogP contribution in [0.2, 0.25) is 0 Å². The van der Waals surface area contributed by atoms with Gasteiger partial charge in [0.25, 0.3) is 0 Å². The number of aliphatic hydroxyl groups is 1. The Labute approximate surface area is 121 Å². The van der Waals surface area contributed by atoms with Crippen molar-refractivity contribution in [3.63, 3.8) is 0 Å². The number of hydrogen-bond acceptors (Lipinski definition) is 4. The molecule has 0 heterocycles. The Morgan fingerprint density at radius 1 is 1.30 bits per heavy atom.